The number of anilines is 3. The van der Waals surface area contributed by atoms with E-state index in [0.717, 1.165) is 22.8 Å². The van der Waals surface area contributed by atoms with Gasteiger partial charge in [0.25, 0.3) is 0 Å². The zero-order valence-electron chi connectivity index (χ0n) is 16.8. The Balaban J connectivity index is 1.51. The molecule has 0 unspecified atom stereocenters. The van der Waals surface area contributed by atoms with Crippen LogP contribution >= 0.6 is 0 Å². The molecule has 1 saturated carbocycles. The highest BCUT2D eigenvalue weighted by Crippen LogP contribution is 2.32. The van der Waals surface area contributed by atoms with E-state index in [1.54, 1.807) is 6.20 Å². The minimum absolute atomic E-state index is 0.448. The third-order valence-corrected chi connectivity index (χ3v) is 5.60. The first-order valence-electron chi connectivity index (χ1n) is 10.6. The molecule has 1 aliphatic rings. The Bertz CT molecular complexity index is 1100. The van der Waals surface area contributed by atoms with Crippen LogP contribution in [-0.4, -0.2) is 24.5 Å². The zero-order chi connectivity index (χ0) is 20.2. The summed E-state index contributed by atoms with van der Waals surface area (Å²) in [4.78, 5) is 18.6. The monoisotopic (exact) mass is 399 g/mol. The lowest BCUT2D eigenvalue weighted by molar-refractivity contribution is 0.358. The molecule has 0 saturated heterocycles. The Labute approximate surface area is 175 Å². The molecule has 0 spiro atoms. The number of hydrogen-bond acceptors (Lipinski definition) is 6. The molecule has 0 radical (unpaired) electrons. The summed E-state index contributed by atoms with van der Waals surface area (Å²) < 4.78 is 2.23. The lowest BCUT2D eigenvalue weighted by Gasteiger charge is -2.23. The van der Waals surface area contributed by atoms with Crippen molar-refractivity contribution >= 4 is 28.7 Å². The highest BCUT2D eigenvalue weighted by molar-refractivity contribution is 5.84. The fraction of sp³-hybridized carbons (Fsp3) is 0.304. The van der Waals surface area contributed by atoms with Gasteiger partial charge in [0.2, 0.25) is 5.95 Å². The van der Waals surface area contributed by atoms with Crippen LogP contribution < -0.4 is 10.6 Å². The van der Waals surface area contributed by atoms with Crippen LogP contribution in [0.25, 0.3) is 11.2 Å². The van der Waals surface area contributed by atoms with E-state index in [9.17, 15) is 0 Å². The molecule has 1 aromatic carbocycles. The number of hydrogen-bond donors (Lipinski definition) is 2. The molecular formula is C23H25N7. The van der Waals surface area contributed by atoms with Crippen molar-refractivity contribution in [2.24, 2.45) is 0 Å². The molecular weight excluding hydrogens is 374 g/mol. The summed E-state index contributed by atoms with van der Waals surface area (Å²) in [6.45, 7) is 0.673. The van der Waals surface area contributed by atoms with E-state index in [-0.39, 0.29) is 0 Å². The minimum atomic E-state index is 0.448. The number of benzene rings is 1. The van der Waals surface area contributed by atoms with Gasteiger partial charge in [-0.2, -0.15) is 9.97 Å². The average molecular weight is 400 g/mol. The largest absolute Gasteiger partial charge is 0.364 e. The number of fused-ring (bicyclic) bond motifs is 1. The predicted octanol–water partition coefficient (Wildman–Crippen LogP) is 5.08. The van der Waals surface area contributed by atoms with Crippen molar-refractivity contribution in [2.45, 2.75) is 44.7 Å². The molecule has 1 fully saturated rings. The SMILES string of the molecule is c1ccc(CNc2nc(Nc3ccccn3)nc3c2ncn3C2CCCCC2)cc1. The second kappa shape index (κ2) is 8.49. The molecule has 0 atom stereocenters. The molecule has 7 nitrogen and oxygen atoms in total. The van der Waals surface area contributed by atoms with Gasteiger partial charge in [0.05, 0.1) is 6.33 Å². The standard InChI is InChI=1S/C23H25N7/c1-3-9-17(10-4-1)15-25-21-20-22(30(16-26-20)18-11-5-2-6-12-18)29-23(28-21)27-19-13-7-8-14-24-19/h1,3-4,7-10,13-14,16,18H,2,5-6,11-12,15H2,(H2,24,25,27,28,29). The second-order valence-corrected chi connectivity index (χ2v) is 7.69. The zero-order valence-corrected chi connectivity index (χ0v) is 16.8. The second-order valence-electron chi connectivity index (χ2n) is 7.69. The quantitative estimate of drug-likeness (QED) is 0.470. The minimum Gasteiger partial charge on any atom is -0.364 e. The molecule has 3 heterocycles. The first-order chi connectivity index (χ1) is 14.9. The van der Waals surface area contributed by atoms with Crippen LogP contribution in [-0.2, 0) is 6.54 Å². The molecule has 30 heavy (non-hydrogen) atoms. The van der Waals surface area contributed by atoms with E-state index >= 15 is 0 Å². The smallest absolute Gasteiger partial charge is 0.232 e. The third kappa shape index (κ3) is 3.96. The van der Waals surface area contributed by atoms with Gasteiger partial charge in [-0.25, -0.2) is 9.97 Å². The molecule has 0 aliphatic heterocycles. The lowest BCUT2D eigenvalue weighted by Crippen LogP contribution is -2.13. The average Bonchev–Trinajstić information content (AvgIpc) is 3.23. The van der Waals surface area contributed by atoms with E-state index in [4.69, 9.17) is 9.97 Å². The topological polar surface area (TPSA) is 80.6 Å². The Morgan fingerprint density at radius 1 is 0.900 bits per heavy atom. The van der Waals surface area contributed by atoms with Gasteiger partial charge in [-0.3, -0.25) is 0 Å². The van der Waals surface area contributed by atoms with Gasteiger partial charge >= 0.3 is 0 Å². The van der Waals surface area contributed by atoms with Crippen LogP contribution in [0.3, 0.4) is 0 Å². The van der Waals surface area contributed by atoms with Gasteiger partial charge in [-0.15, -0.1) is 0 Å². The number of rotatable bonds is 6. The van der Waals surface area contributed by atoms with Gasteiger partial charge in [-0.05, 0) is 30.5 Å². The molecule has 1 aliphatic carbocycles. The van der Waals surface area contributed by atoms with E-state index < -0.39 is 0 Å². The summed E-state index contributed by atoms with van der Waals surface area (Å²) in [5.74, 6) is 1.97. The van der Waals surface area contributed by atoms with Gasteiger partial charge in [0, 0.05) is 18.8 Å². The van der Waals surface area contributed by atoms with E-state index in [2.05, 4.69) is 37.3 Å². The fourth-order valence-electron chi connectivity index (χ4n) is 4.06. The van der Waals surface area contributed by atoms with Crippen LogP contribution in [0.15, 0.2) is 61.1 Å². The van der Waals surface area contributed by atoms with Crippen LogP contribution in [0.2, 0.25) is 0 Å². The Hall–Kier alpha value is -3.48. The van der Waals surface area contributed by atoms with Crippen molar-refractivity contribution in [3.63, 3.8) is 0 Å². The Kier molecular flexibility index (Phi) is 5.25. The molecule has 152 valence electrons. The predicted molar refractivity (Wildman–Crippen MR) is 119 cm³/mol. The first-order valence-corrected chi connectivity index (χ1v) is 10.6. The molecule has 0 bridgehead atoms. The van der Waals surface area contributed by atoms with Crippen molar-refractivity contribution in [3.05, 3.63) is 66.6 Å². The maximum absolute atomic E-state index is 4.82. The summed E-state index contributed by atoms with van der Waals surface area (Å²) in [7, 11) is 0. The van der Waals surface area contributed by atoms with Crippen LogP contribution in [0, 0.1) is 0 Å². The van der Waals surface area contributed by atoms with Gasteiger partial charge in [-0.1, -0.05) is 55.7 Å². The Morgan fingerprint density at radius 2 is 1.73 bits per heavy atom. The van der Waals surface area contributed by atoms with Crippen molar-refractivity contribution in [2.75, 3.05) is 10.6 Å². The number of pyridine rings is 1. The first kappa shape index (κ1) is 18.5. The van der Waals surface area contributed by atoms with Gasteiger partial charge in [0.15, 0.2) is 17.0 Å². The number of imidazole rings is 1. The van der Waals surface area contributed by atoms with Crippen molar-refractivity contribution in [1.82, 2.24) is 24.5 Å². The Morgan fingerprint density at radius 3 is 2.53 bits per heavy atom. The number of aromatic nitrogens is 5. The highest BCUT2D eigenvalue weighted by Gasteiger charge is 2.21. The molecule has 3 aromatic heterocycles. The van der Waals surface area contributed by atoms with Crippen molar-refractivity contribution in [1.29, 1.82) is 0 Å². The maximum Gasteiger partial charge on any atom is 0.232 e. The third-order valence-electron chi connectivity index (χ3n) is 5.60. The van der Waals surface area contributed by atoms with E-state index in [0.29, 0.717) is 18.5 Å². The molecule has 2 N–H and O–H groups in total. The van der Waals surface area contributed by atoms with Crippen LogP contribution in [0.1, 0.15) is 43.7 Å². The summed E-state index contributed by atoms with van der Waals surface area (Å²) >= 11 is 0. The van der Waals surface area contributed by atoms with E-state index in [1.165, 1.54) is 37.7 Å². The molecule has 7 heteroatoms. The number of nitrogens with one attached hydrogen (secondary N) is 2. The number of nitrogens with zero attached hydrogens (tertiary/aromatic N) is 5. The van der Waals surface area contributed by atoms with Crippen molar-refractivity contribution < 1.29 is 0 Å². The lowest BCUT2D eigenvalue weighted by atomic mass is 9.95. The summed E-state index contributed by atoms with van der Waals surface area (Å²) in [5, 5.41) is 6.70. The molecule has 5 rings (SSSR count). The van der Waals surface area contributed by atoms with Gasteiger partial charge < -0.3 is 15.2 Å². The molecule has 4 aromatic rings. The van der Waals surface area contributed by atoms with Crippen LogP contribution in [0.5, 0.6) is 0 Å². The summed E-state index contributed by atoms with van der Waals surface area (Å²) in [6.07, 6.45) is 9.85. The normalized spacial score (nSPS) is 14.7. The van der Waals surface area contributed by atoms with E-state index in [1.807, 2.05) is 42.7 Å². The molecule has 0 amide bonds. The summed E-state index contributed by atoms with van der Waals surface area (Å²) in [5.41, 5.74) is 2.86. The summed E-state index contributed by atoms with van der Waals surface area (Å²) in [6, 6.07) is 16.5. The van der Waals surface area contributed by atoms with Crippen LogP contribution in [0.4, 0.5) is 17.6 Å². The maximum atomic E-state index is 4.82. The fourth-order valence-corrected chi connectivity index (χ4v) is 4.06. The van der Waals surface area contributed by atoms with Crippen molar-refractivity contribution in [3.8, 4) is 0 Å². The van der Waals surface area contributed by atoms with Gasteiger partial charge in [0.1, 0.15) is 5.82 Å². The highest BCUT2D eigenvalue weighted by atomic mass is 15.2.